The highest BCUT2D eigenvalue weighted by molar-refractivity contribution is 5.37. The van der Waals surface area contributed by atoms with Gasteiger partial charge in [-0.25, -0.2) is 13.8 Å². The number of hydrogen-bond donors (Lipinski definition) is 1. The molecule has 0 amide bonds. The molecule has 1 aromatic rings. The first-order valence-corrected chi connectivity index (χ1v) is 4.48. The largest absolute Gasteiger partial charge is 0.364 e. The summed E-state index contributed by atoms with van der Waals surface area (Å²) in [6.45, 7) is 0. The molecule has 0 atom stereocenters. The minimum absolute atomic E-state index is 0.125. The van der Waals surface area contributed by atoms with Crippen LogP contribution in [0.5, 0.6) is 0 Å². The number of rotatable bonds is 2. The average molecular weight is 196 g/mol. The molecule has 1 aliphatic rings. The molecule has 2 rings (SSSR count). The van der Waals surface area contributed by atoms with E-state index in [1.807, 2.05) is 12.2 Å². The third-order valence-electron chi connectivity index (χ3n) is 2.16. The van der Waals surface area contributed by atoms with Gasteiger partial charge in [-0.15, -0.1) is 0 Å². The van der Waals surface area contributed by atoms with Crippen molar-refractivity contribution in [3.8, 4) is 0 Å². The third-order valence-corrected chi connectivity index (χ3v) is 2.16. The molecular weight excluding hydrogens is 186 g/mol. The van der Waals surface area contributed by atoms with E-state index in [-0.39, 0.29) is 11.9 Å². The smallest absolute Gasteiger partial charge is 0.168 e. The van der Waals surface area contributed by atoms with E-state index < -0.39 is 11.6 Å². The van der Waals surface area contributed by atoms with Gasteiger partial charge in [0.1, 0.15) is 5.82 Å². The van der Waals surface area contributed by atoms with Crippen LogP contribution in [-0.2, 0) is 0 Å². The number of nitrogens with one attached hydrogen (secondary N) is 1. The topological polar surface area (TPSA) is 24.9 Å². The van der Waals surface area contributed by atoms with Gasteiger partial charge in [-0.05, 0) is 12.8 Å². The van der Waals surface area contributed by atoms with E-state index in [9.17, 15) is 8.78 Å². The average Bonchev–Trinajstić information content (AvgIpc) is 2.62. The van der Waals surface area contributed by atoms with Gasteiger partial charge in [0.15, 0.2) is 11.6 Å². The van der Waals surface area contributed by atoms with Crippen molar-refractivity contribution in [2.75, 3.05) is 5.32 Å². The molecule has 1 aliphatic carbocycles. The number of hydrogen-bond acceptors (Lipinski definition) is 2. The Labute approximate surface area is 80.7 Å². The fourth-order valence-corrected chi connectivity index (χ4v) is 1.45. The summed E-state index contributed by atoms with van der Waals surface area (Å²) in [6, 6.07) is 1.01. The molecule has 0 radical (unpaired) electrons. The lowest BCUT2D eigenvalue weighted by Gasteiger charge is -2.12. The Morgan fingerprint density at radius 1 is 1.29 bits per heavy atom. The van der Waals surface area contributed by atoms with Crippen molar-refractivity contribution < 1.29 is 8.78 Å². The molecule has 0 aromatic carbocycles. The number of pyridine rings is 1. The number of nitrogens with zero attached hydrogens (tertiary/aromatic N) is 1. The summed E-state index contributed by atoms with van der Waals surface area (Å²) in [5.74, 6) is -1.17. The molecule has 0 saturated carbocycles. The number of halogens is 2. The maximum atomic E-state index is 13.1. The molecule has 14 heavy (non-hydrogen) atoms. The number of aromatic nitrogens is 1. The van der Waals surface area contributed by atoms with E-state index in [0.29, 0.717) is 0 Å². The van der Waals surface area contributed by atoms with Crippen LogP contribution in [0.3, 0.4) is 0 Å². The Balaban J connectivity index is 2.08. The zero-order chi connectivity index (χ0) is 9.97. The Kier molecular flexibility index (Phi) is 2.43. The second kappa shape index (κ2) is 3.74. The normalized spacial score (nSPS) is 16.1. The molecule has 0 aliphatic heterocycles. The molecule has 2 nitrogen and oxygen atoms in total. The van der Waals surface area contributed by atoms with Crippen molar-refractivity contribution in [2.24, 2.45) is 0 Å². The summed E-state index contributed by atoms with van der Waals surface area (Å²) in [7, 11) is 0. The maximum Gasteiger partial charge on any atom is 0.168 e. The van der Waals surface area contributed by atoms with Crippen LogP contribution in [0.15, 0.2) is 24.4 Å². The van der Waals surface area contributed by atoms with Crippen LogP contribution in [0, 0.1) is 11.6 Å². The van der Waals surface area contributed by atoms with Gasteiger partial charge in [-0.3, -0.25) is 0 Å². The van der Waals surface area contributed by atoms with E-state index in [4.69, 9.17) is 0 Å². The predicted octanol–water partition coefficient (Wildman–Crippen LogP) is 2.49. The highest BCUT2D eigenvalue weighted by atomic mass is 19.1. The van der Waals surface area contributed by atoms with Crippen molar-refractivity contribution in [3.63, 3.8) is 0 Å². The van der Waals surface area contributed by atoms with E-state index in [1.54, 1.807) is 0 Å². The van der Waals surface area contributed by atoms with Gasteiger partial charge < -0.3 is 5.32 Å². The lowest BCUT2D eigenvalue weighted by molar-refractivity contribution is 0.573. The van der Waals surface area contributed by atoms with Crippen LogP contribution in [0.2, 0.25) is 0 Å². The highest BCUT2D eigenvalue weighted by Crippen LogP contribution is 2.17. The first kappa shape index (κ1) is 9.12. The van der Waals surface area contributed by atoms with Crippen molar-refractivity contribution >= 4 is 5.82 Å². The molecule has 74 valence electrons. The van der Waals surface area contributed by atoms with E-state index in [1.165, 1.54) is 0 Å². The molecule has 0 fully saturated rings. The summed E-state index contributed by atoms with van der Waals surface area (Å²) in [5.41, 5.74) is 0. The molecule has 0 bridgehead atoms. The van der Waals surface area contributed by atoms with Gasteiger partial charge >= 0.3 is 0 Å². The molecule has 4 heteroatoms. The molecule has 0 spiro atoms. The predicted molar refractivity (Wildman–Crippen MR) is 49.9 cm³/mol. The molecule has 1 aromatic heterocycles. The van der Waals surface area contributed by atoms with Crippen molar-refractivity contribution in [1.29, 1.82) is 0 Å². The quantitative estimate of drug-likeness (QED) is 0.735. The lowest BCUT2D eigenvalue weighted by Crippen LogP contribution is -2.17. The Morgan fingerprint density at radius 3 is 2.64 bits per heavy atom. The van der Waals surface area contributed by atoms with Gasteiger partial charge in [-0.1, -0.05) is 12.2 Å². The van der Waals surface area contributed by atoms with Gasteiger partial charge in [0.05, 0.1) is 6.20 Å². The Morgan fingerprint density at radius 2 is 2.00 bits per heavy atom. The van der Waals surface area contributed by atoms with Crippen LogP contribution in [-0.4, -0.2) is 11.0 Å². The fraction of sp³-hybridized carbons (Fsp3) is 0.300. The van der Waals surface area contributed by atoms with Gasteiger partial charge in [0.2, 0.25) is 0 Å². The summed E-state index contributed by atoms with van der Waals surface area (Å²) in [5, 5.41) is 2.92. The van der Waals surface area contributed by atoms with E-state index in [2.05, 4.69) is 10.3 Å². The zero-order valence-corrected chi connectivity index (χ0v) is 7.50. The highest BCUT2D eigenvalue weighted by Gasteiger charge is 2.13. The standard InChI is InChI=1S/C10H10F2N2/c11-7-5-9(12)10(13-6-7)14-8-3-1-2-4-8/h1-2,5-6,8H,3-4H2,(H,13,14). The third kappa shape index (κ3) is 1.89. The van der Waals surface area contributed by atoms with Crippen molar-refractivity contribution in [1.82, 2.24) is 4.98 Å². The van der Waals surface area contributed by atoms with Crippen LogP contribution in [0.4, 0.5) is 14.6 Å². The Bertz CT molecular complexity index is 355. The minimum Gasteiger partial charge on any atom is -0.364 e. The van der Waals surface area contributed by atoms with Gasteiger partial charge in [0, 0.05) is 12.1 Å². The summed E-state index contributed by atoms with van der Waals surface area (Å²) in [6.07, 6.45) is 6.78. The molecule has 1 heterocycles. The Hall–Kier alpha value is -1.45. The van der Waals surface area contributed by atoms with E-state index >= 15 is 0 Å². The van der Waals surface area contributed by atoms with Crippen molar-refractivity contribution in [2.45, 2.75) is 18.9 Å². The van der Waals surface area contributed by atoms with E-state index in [0.717, 1.165) is 25.1 Å². The van der Waals surface area contributed by atoms with Crippen LogP contribution in [0.25, 0.3) is 0 Å². The first-order valence-electron chi connectivity index (χ1n) is 4.48. The SMILES string of the molecule is Fc1cnc(NC2CC=CC2)c(F)c1. The molecule has 0 saturated heterocycles. The summed E-state index contributed by atoms with van der Waals surface area (Å²) < 4.78 is 25.6. The number of anilines is 1. The van der Waals surface area contributed by atoms with Gasteiger partial charge in [-0.2, -0.15) is 0 Å². The second-order valence-corrected chi connectivity index (χ2v) is 3.27. The van der Waals surface area contributed by atoms with Crippen molar-refractivity contribution in [3.05, 3.63) is 36.0 Å². The zero-order valence-electron chi connectivity index (χ0n) is 7.50. The van der Waals surface area contributed by atoms with Gasteiger partial charge in [0.25, 0.3) is 0 Å². The summed E-state index contributed by atoms with van der Waals surface area (Å²) >= 11 is 0. The van der Waals surface area contributed by atoms with Crippen LogP contribution in [0.1, 0.15) is 12.8 Å². The van der Waals surface area contributed by atoms with Crippen LogP contribution >= 0.6 is 0 Å². The van der Waals surface area contributed by atoms with Crippen LogP contribution < -0.4 is 5.32 Å². The molecule has 0 unspecified atom stereocenters. The lowest BCUT2D eigenvalue weighted by atomic mass is 10.2. The molecule has 1 N–H and O–H groups in total. The monoisotopic (exact) mass is 196 g/mol. The molecular formula is C10H10F2N2. The minimum atomic E-state index is -0.655. The first-order chi connectivity index (χ1) is 6.75. The second-order valence-electron chi connectivity index (χ2n) is 3.27. The maximum absolute atomic E-state index is 13.1. The fourth-order valence-electron chi connectivity index (χ4n) is 1.45. The summed E-state index contributed by atoms with van der Waals surface area (Å²) in [4.78, 5) is 3.65.